The van der Waals surface area contributed by atoms with Gasteiger partial charge in [-0.05, 0) is 39.8 Å². The molecule has 0 bridgehead atoms. The highest BCUT2D eigenvalue weighted by Crippen LogP contribution is 2.20. The molecule has 0 spiro atoms. The van der Waals surface area contributed by atoms with Crippen LogP contribution >= 0.6 is 0 Å². The number of carbonyl (C=O) groups excluding carboxylic acids is 1. The maximum Gasteiger partial charge on any atom is 0.317 e. The fraction of sp³-hybridized carbons (Fsp3) is 0.562. The van der Waals surface area contributed by atoms with Gasteiger partial charge in [-0.3, -0.25) is 0 Å². The molecule has 1 N–H and O–H groups in total. The van der Waals surface area contributed by atoms with Crippen LogP contribution < -0.4 is 10.2 Å². The Morgan fingerprint density at radius 3 is 2.40 bits per heavy atom. The molecule has 1 aliphatic rings. The van der Waals surface area contributed by atoms with Crippen LogP contribution in [0, 0.1) is 0 Å². The number of hydrogen-bond donors (Lipinski definition) is 1. The molecule has 1 fully saturated rings. The number of rotatable bonds is 1. The second-order valence-electron chi connectivity index (χ2n) is 6.50. The summed E-state index contributed by atoms with van der Waals surface area (Å²) >= 11 is 0. The maximum absolute atomic E-state index is 12.2. The van der Waals surface area contributed by atoms with Gasteiger partial charge >= 0.3 is 6.03 Å². The molecule has 1 atom stereocenters. The molecule has 110 valence electrons. The monoisotopic (exact) mass is 275 g/mol. The van der Waals surface area contributed by atoms with Crippen molar-refractivity contribution in [2.75, 3.05) is 24.5 Å². The standard InChI is InChI=1S/C16H25N3O/c1-13-12-18(15(20)17-16(2,3)4)10-11-19(13)14-8-6-5-7-9-14/h5-9,13H,10-12H2,1-4H3,(H,17,20). The lowest BCUT2D eigenvalue weighted by atomic mass is 10.1. The topological polar surface area (TPSA) is 35.6 Å². The van der Waals surface area contributed by atoms with E-state index in [0.29, 0.717) is 6.04 Å². The summed E-state index contributed by atoms with van der Waals surface area (Å²) in [5, 5.41) is 3.03. The predicted octanol–water partition coefficient (Wildman–Crippen LogP) is 2.71. The van der Waals surface area contributed by atoms with Crippen LogP contribution in [0.2, 0.25) is 0 Å². The van der Waals surface area contributed by atoms with Crippen molar-refractivity contribution in [1.29, 1.82) is 0 Å². The van der Waals surface area contributed by atoms with Crippen LogP contribution in [0.1, 0.15) is 27.7 Å². The number of para-hydroxylation sites is 1. The molecule has 2 amide bonds. The summed E-state index contributed by atoms with van der Waals surface area (Å²) in [5.74, 6) is 0. The fourth-order valence-corrected chi connectivity index (χ4v) is 2.54. The van der Waals surface area contributed by atoms with E-state index in [-0.39, 0.29) is 11.6 Å². The lowest BCUT2D eigenvalue weighted by Crippen LogP contribution is -2.58. The van der Waals surface area contributed by atoms with Gasteiger partial charge in [0.05, 0.1) is 0 Å². The summed E-state index contributed by atoms with van der Waals surface area (Å²) in [6, 6.07) is 10.8. The number of nitrogens with zero attached hydrogens (tertiary/aromatic N) is 2. The molecular formula is C16H25N3O. The first-order chi connectivity index (χ1) is 9.37. The summed E-state index contributed by atoms with van der Waals surface area (Å²) in [6.07, 6.45) is 0. The van der Waals surface area contributed by atoms with Crippen molar-refractivity contribution in [2.45, 2.75) is 39.3 Å². The molecule has 4 heteroatoms. The lowest BCUT2D eigenvalue weighted by Gasteiger charge is -2.42. The molecule has 0 radical (unpaired) electrons. The Hall–Kier alpha value is -1.71. The Bertz CT molecular complexity index is 453. The lowest BCUT2D eigenvalue weighted by molar-refractivity contribution is 0.178. The Morgan fingerprint density at radius 2 is 1.85 bits per heavy atom. The fourth-order valence-electron chi connectivity index (χ4n) is 2.54. The van der Waals surface area contributed by atoms with Crippen LogP contribution in [-0.2, 0) is 0 Å². The summed E-state index contributed by atoms with van der Waals surface area (Å²) in [6.45, 7) is 10.6. The average Bonchev–Trinajstić information content (AvgIpc) is 2.37. The Labute approximate surface area is 121 Å². The quantitative estimate of drug-likeness (QED) is 0.855. The number of amides is 2. The van der Waals surface area contributed by atoms with E-state index in [1.165, 1.54) is 5.69 Å². The average molecular weight is 275 g/mol. The number of carbonyl (C=O) groups is 1. The van der Waals surface area contributed by atoms with Gasteiger partial charge in [0.25, 0.3) is 0 Å². The molecule has 1 aromatic rings. The molecule has 1 aliphatic heterocycles. The van der Waals surface area contributed by atoms with Crippen LogP contribution in [0.25, 0.3) is 0 Å². The molecule has 0 aliphatic carbocycles. The summed E-state index contributed by atoms with van der Waals surface area (Å²) in [7, 11) is 0. The van der Waals surface area contributed by atoms with E-state index in [9.17, 15) is 4.79 Å². The van der Waals surface area contributed by atoms with Crippen molar-refractivity contribution in [2.24, 2.45) is 0 Å². The number of nitrogens with one attached hydrogen (secondary N) is 1. The van der Waals surface area contributed by atoms with Gasteiger partial charge in [-0.2, -0.15) is 0 Å². The Kier molecular flexibility index (Phi) is 4.21. The highest BCUT2D eigenvalue weighted by molar-refractivity contribution is 5.75. The molecule has 2 rings (SSSR count). The number of urea groups is 1. The van der Waals surface area contributed by atoms with E-state index in [0.717, 1.165) is 19.6 Å². The van der Waals surface area contributed by atoms with Gasteiger partial charge < -0.3 is 15.1 Å². The third kappa shape index (κ3) is 3.65. The van der Waals surface area contributed by atoms with E-state index < -0.39 is 0 Å². The SMILES string of the molecule is CC1CN(C(=O)NC(C)(C)C)CCN1c1ccccc1. The zero-order valence-corrected chi connectivity index (χ0v) is 12.9. The van der Waals surface area contributed by atoms with E-state index in [4.69, 9.17) is 0 Å². The van der Waals surface area contributed by atoms with Gasteiger partial charge in [0.2, 0.25) is 0 Å². The van der Waals surface area contributed by atoms with Gasteiger partial charge in [-0.1, -0.05) is 18.2 Å². The number of anilines is 1. The molecule has 20 heavy (non-hydrogen) atoms. The summed E-state index contributed by atoms with van der Waals surface area (Å²) in [5.41, 5.74) is 1.05. The van der Waals surface area contributed by atoms with Crippen molar-refractivity contribution in [3.8, 4) is 0 Å². The van der Waals surface area contributed by atoms with E-state index in [1.54, 1.807) is 0 Å². The second kappa shape index (κ2) is 5.73. The second-order valence-corrected chi connectivity index (χ2v) is 6.50. The molecule has 1 unspecified atom stereocenters. The van der Waals surface area contributed by atoms with Gasteiger partial charge in [-0.15, -0.1) is 0 Å². The number of piperazine rings is 1. The zero-order chi connectivity index (χ0) is 14.8. The smallest absolute Gasteiger partial charge is 0.317 e. The molecule has 1 heterocycles. The molecule has 1 aromatic carbocycles. The molecule has 0 aromatic heterocycles. The van der Waals surface area contributed by atoms with Crippen molar-refractivity contribution >= 4 is 11.7 Å². The third-order valence-electron chi connectivity index (χ3n) is 3.48. The molecule has 1 saturated heterocycles. The van der Waals surface area contributed by atoms with Crippen LogP contribution in [0.3, 0.4) is 0 Å². The first kappa shape index (κ1) is 14.7. The van der Waals surface area contributed by atoms with E-state index in [2.05, 4.69) is 41.4 Å². The Morgan fingerprint density at radius 1 is 1.20 bits per heavy atom. The van der Waals surface area contributed by atoms with Gasteiger partial charge in [0, 0.05) is 36.9 Å². The highest BCUT2D eigenvalue weighted by atomic mass is 16.2. The Balaban J connectivity index is 1.97. The maximum atomic E-state index is 12.2. The van der Waals surface area contributed by atoms with Gasteiger partial charge in [0.1, 0.15) is 0 Å². The molecular weight excluding hydrogens is 250 g/mol. The zero-order valence-electron chi connectivity index (χ0n) is 12.9. The first-order valence-electron chi connectivity index (χ1n) is 7.25. The van der Waals surface area contributed by atoms with Crippen LogP contribution in [-0.4, -0.2) is 42.1 Å². The minimum absolute atomic E-state index is 0.0389. The molecule has 4 nitrogen and oxygen atoms in total. The minimum Gasteiger partial charge on any atom is -0.365 e. The van der Waals surface area contributed by atoms with Crippen molar-refractivity contribution < 1.29 is 4.79 Å². The largest absolute Gasteiger partial charge is 0.365 e. The summed E-state index contributed by atoms with van der Waals surface area (Å²) < 4.78 is 0. The van der Waals surface area contributed by atoms with Gasteiger partial charge in [-0.25, -0.2) is 4.79 Å². The minimum atomic E-state index is -0.184. The summed E-state index contributed by atoms with van der Waals surface area (Å²) in [4.78, 5) is 16.5. The van der Waals surface area contributed by atoms with Gasteiger partial charge in [0.15, 0.2) is 0 Å². The third-order valence-corrected chi connectivity index (χ3v) is 3.48. The van der Waals surface area contributed by atoms with E-state index in [1.807, 2.05) is 31.7 Å². The predicted molar refractivity (Wildman–Crippen MR) is 83.1 cm³/mol. The number of benzene rings is 1. The number of hydrogen-bond acceptors (Lipinski definition) is 2. The van der Waals surface area contributed by atoms with Crippen molar-refractivity contribution in [3.05, 3.63) is 30.3 Å². The van der Waals surface area contributed by atoms with Crippen molar-refractivity contribution in [1.82, 2.24) is 10.2 Å². The normalized spacial score (nSPS) is 19.9. The van der Waals surface area contributed by atoms with Crippen LogP contribution in [0.15, 0.2) is 30.3 Å². The van der Waals surface area contributed by atoms with E-state index >= 15 is 0 Å². The van der Waals surface area contributed by atoms with Crippen LogP contribution in [0.4, 0.5) is 10.5 Å². The highest BCUT2D eigenvalue weighted by Gasteiger charge is 2.28. The molecule has 0 saturated carbocycles. The van der Waals surface area contributed by atoms with Crippen LogP contribution in [0.5, 0.6) is 0 Å². The van der Waals surface area contributed by atoms with Crippen molar-refractivity contribution in [3.63, 3.8) is 0 Å². The first-order valence-corrected chi connectivity index (χ1v) is 7.25.